The van der Waals surface area contributed by atoms with Crippen molar-refractivity contribution in [1.82, 2.24) is 10.2 Å². The van der Waals surface area contributed by atoms with Gasteiger partial charge in [0.2, 0.25) is 0 Å². The van der Waals surface area contributed by atoms with Crippen LogP contribution in [0.25, 0.3) is 0 Å². The summed E-state index contributed by atoms with van der Waals surface area (Å²) >= 11 is 0. The summed E-state index contributed by atoms with van der Waals surface area (Å²) in [6, 6.07) is 17.5. The summed E-state index contributed by atoms with van der Waals surface area (Å²) in [6.07, 6.45) is -4.03. The number of aliphatic hydroxyl groups is 1. The van der Waals surface area contributed by atoms with Crippen molar-refractivity contribution >= 4 is 21.4 Å². The number of aliphatic hydroxyl groups excluding tert-OH is 1. The van der Waals surface area contributed by atoms with Gasteiger partial charge in [-0.3, -0.25) is 9.69 Å². The zero-order chi connectivity index (χ0) is 33.8. The molecule has 9 nitrogen and oxygen atoms in total. The average molecular weight is 676 g/mol. The third-order valence-electron chi connectivity index (χ3n) is 8.78. The lowest BCUT2D eigenvalue weighted by molar-refractivity contribution is -0.137. The number of alkyl halides is 3. The molecule has 254 valence electrons. The fraction of sp³-hybridized carbons (Fsp3) is 0.441. The number of anilines is 1. The number of benzene rings is 3. The van der Waals surface area contributed by atoms with Gasteiger partial charge >= 0.3 is 6.18 Å². The van der Waals surface area contributed by atoms with E-state index in [1.54, 1.807) is 31.2 Å². The minimum atomic E-state index is -4.42. The highest BCUT2D eigenvalue weighted by molar-refractivity contribution is 7.91. The maximum absolute atomic E-state index is 13.2. The molecule has 0 bridgehead atoms. The first-order valence-electron chi connectivity index (χ1n) is 15.6. The van der Waals surface area contributed by atoms with Crippen LogP contribution in [0.3, 0.4) is 0 Å². The first-order valence-corrected chi connectivity index (χ1v) is 17.3. The highest BCUT2D eigenvalue weighted by Crippen LogP contribution is 2.33. The predicted molar refractivity (Wildman–Crippen MR) is 171 cm³/mol. The molecule has 0 spiro atoms. The van der Waals surface area contributed by atoms with Crippen molar-refractivity contribution in [1.29, 1.82) is 0 Å². The second kappa shape index (κ2) is 14.6. The summed E-state index contributed by atoms with van der Waals surface area (Å²) in [4.78, 5) is 17.9. The van der Waals surface area contributed by atoms with Crippen LogP contribution in [-0.2, 0) is 20.8 Å². The number of nitrogens with one attached hydrogen (secondary N) is 1. The Balaban J connectivity index is 1.28. The van der Waals surface area contributed by atoms with Crippen LogP contribution in [0.15, 0.2) is 77.7 Å². The summed E-state index contributed by atoms with van der Waals surface area (Å²) < 4.78 is 75.2. The number of amides is 1. The van der Waals surface area contributed by atoms with Crippen molar-refractivity contribution in [2.75, 3.05) is 50.1 Å². The topological polar surface area (TPSA) is 108 Å². The largest absolute Gasteiger partial charge is 0.489 e. The number of carbonyl (C=O) groups excluding carboxylic acids is 1. The Morgan fingerprint density at radius 1 is 1.06 bits per heavy atom. The standard InChI is InChI=1S/C34H40F3N3O6S/c1-3-47(43,44)31-14-6-24(7-15-31)32(21-41)38-33(42)25-4-10-27(11-5-25)40-20-30(18-28(40)19-39-16-17-45-22-23(39)2)46-29-12-8-26(9-13-29)34(35,36)37/h4-15,23,28,30,32,41H,3,16-22H2,1-2H3,(H,38,42)/t23-,28-,30+,32-/m0/s1. The van der Waals surface area contributed by atoms with Gasteiger partial charge in [-0.1, -0.05) is 19.1 Å². The Morgan fingerprint density at radius 3 is 2.34 bits per heavy atom. The molecule has 2 aliphatic heterocycles. The first kappa shape index (κ1) is 34.7. The molecule has 2 saturated heterocycles. The molecular formula is C34H40F3N3O6S. The average Bonchev–Trinajstić information content (AvgIpc) is 3.46. The van der Waals surface area contributed by atoms with Crippen LogP contribution < -0.4 is 15.0 Å². The minimum absolute atomic E-state index is 0.0279. The highest BCUT2D eigenvalue weighted by Gasteiger charge is 2.36. The first-order chi connectivity index (χ1) is 22.4. The van der Waals surface area contributed by atoms with Gasteiger partial charge in [0, 0.05) is 42.8 Å². The van der Waals surface area contributed by atoms with E-state index in [0.717, 1.165) is 30.9 Å². The third kappa shape index (κ3) is 8.45. The number of sulfone groups is 1. The Hall–Kier alpha value is -3.65. The summed E-state index contributed by atoms with van der Waals surface area (Å²) in [7, 11) is -3.37. The van der Waals surface area contributed by atoms with E-state index in [2.05, 4.69) is 22.0 Å². The predicted octanol–water partition coefficient (Wildman–Crippen LogP) is 4.71. The van der Waals surface area contributed by atoms with Gasteiger partial charge in [-0.15, -0.1) is 0 Å². The quantitative estimate of drug-likeness (QED) is 0.301. The van der Waals surface area contributed by atoms with Crippen LogP contribution in [0, 0.1) is 0 Å². The third-order valence-corrected chi connectivity index (χ3v) is 10.5. The van der Waals surface area contributed by atoms with Crippen LogP contribution in [0.5, 0.6) is 5.75 Å². The maximum atomic E-state index is 13.2. The molecule has 2 fully saturated rings. The zero-order valence-electron chi connectivity index (χ0n) is 26.3. The van der Waals surface area contributed by atoms with Gasteiger partial charge in [-0.25, -0.2) is 8.42 Å². The van der Waals surface area contributed by atoms with Crippen molar-refractivity contribution in [3.63, 3.8) is 0 Å². The molecule has 0 aromatic heterocycles. The van der Waals surface area contributed by atoms with Gasteiger partial charge in [0.15, 0.2) is 9.84 Å². The van der Waals surface area contributed by atoms with Crippen molar-refractivity contribution in [3.8, 4) is 5.75 Å². The van der Waals surface area contributed by atoms with E-state index in [0.29, 0.717) is 43.1 Å². The lowest BCUT2D eigenvalue weighted by Crippen LogP contribution is -2.49. The molecule has 4 atom stereocenters. The fourth-order valence-electron chi connectivity index (χ4n) is 6.02. The number of rotatable bonds is 11. The number of halogens is 3. The smallest absolute Gasteiger partial charge is 0.416 e. The minimum Gasteiger partial charge on any atom is -0.489 e. The van der Waals surface area contributed by atoms with Crippen molar-refractivity contribution < 1.29 is 41.0 Å². The molecule has 1 amide bonds. The van der Waals surface area contributed by atoms with Gasteiger partial charge in [-0.05, 0) is 73.2 Å². The second-order valence-corrected chi connectivity index (χ2v) is 14.2. The number of carbonyl (C=O) groups is 1. The molecule has 47 heavy (non-hydrogen) atoms. The Kier molecular flexibility index (Phi) is 10.8. The van der Waals surface area contributed by atoms with E-state index in [1.807, 2.05) is 12.1 Å². The van der Waals surface area contributed by atoms with Gasteiger partial charge in [-0.2, -0.15) is 13.2 Å². The number of hydrogen-bond donors (Lipinski definition) is 2. The Bertz CT molecular complexity index is 1600. The molecule has 0 saturated carbocycles. The van der Waals surface area contributed by atoms with Gasteiger partial charge in [0.1, 0.15) is 11.9 Å². The van der Waals surface area contributed by atoms with Crippen LogP contribution in [0.2, 0.25) is 0 Å². The summed E-state index contributed by atoms with van der Waals surface area (Å²) in [5.74, 6) is -0.0558. The molecule has 13 heteroatoms. The zero-order valence-corrected chi connectivity index (χ0v) is 27.1. The normalized spacial score (nSPS) is 21.4. The molecule has 3 aromatic carbocycles. The molecule has 2 N–H and O–H groups in total. The number of nitrogens with zero attached hydrogens (tertiary/aromatic N) is 2. The van der Waals surface area contributed by atoms with Crippen LogP contribution in [0.4, 0.5) is 18.9 Å². The molecule has 0 radical (unpaired) electrons. The van der Waals surface area contributed by atoms with Crippen LogP contribution >= 0.6 is 0 Å². The van der Waals surface area contributed by atoms with E-state index in [1.165, 1.54) is 24.3 Å². The van der Waals surface area contributed by atoms with E-state index < -0.39 is 33.5 Å². The second-order valence-electron chi connectivity index (χ2n) is 12.0. The molecule has 2 aliphatic rings. The lowest BCUT2D eigenvalue weighted by Gasteiger charge is -2.37. The number of morpholine rings is 1. The molecular weight excluding hydrogens is 635 g/mol. The highest BCUT2D eigenvalue weighted by atomic mass is 32.2. The molecule has 0 unspecified atom stereocenters. The van der Waals surface area contributed by atoms with Gasteiger partial charge in [0.05, 0.1) is 48.6 Å². The fourth-order valence-corrected chi connectivity index (χ4v) is 6.91. The number of hydrogen-bond acceptors (Lipinski definition) is 8. The summed E-state index contributed by atoms with van der Waals surface area (Å²) in [5, 5.41) is 12.8. The Morgan fingerprint density at radius 2 is 1.74 bits per heavy atom. The molecule has 3 aromatic rings. The SMILES string of the molecule is CCS(=O)(=O)c1ccc([C@H](CO)NC(=O)c2ccc(N3C[C@H](Oc4ccc(C(F)(F)F)cc4)C[C@H]3CN3CCOC[C@@H]3C)cc2)cc1. The van der Waals surface area contributed by atoms with Crippen molar-refractivity contribution in [2.45, 2.75) is 55.6 Å². The van der Waals surface area contributed by atoms with E-state index in [9.17, 15) is 31.5 Å². The van der Waals surface area contributed by atoms with Gasteiger partial charge in [0.25, 0.3) is 5.91 Å². The molecule has 2 heterocycles. The van der Waals surface area contributed by atoms with E-state index in [4.69, 9.17) is 9.47 Å². The lowest BCUT2D eigenvalue weighted by atomic mass is 10.1. The monoisotopic (exact) mass is 675 g/mol. The Labute approximate surface area is 273 Å². The van der Waals surface area contributed by atoms with Crippen molar-refractivity contribution in [3.05, 3.63) is 89.5 Å². The maximum Gasteiger partial charge on any atom is 0.416 e. The van der Waals surface area contributed by atoms with E-state index in [-0.39, 0.29) is 35.4 Å². The van der Waals surface area contributed by atoms with Gasteiger partial charge < -0.3 is 24.8 Å². The van der Waals surface area contributed by atoms with Crippen LogP contribution in [-0.4, -0.2) is 87.7 Å². The summed E-state index contributed by atoms with van der Waals surface area (Å²) in [5.41, 5.74) is 1.10. The van der Waals surface area contributed by atoms with Crippen molar-refractivity contribution in [2.24, 2.45) is 0 Å². The number of ether oxygens (including phenoxy) is 2. The molecule has 5 rings (SSSR count). The van der Waals surface area contributed by atoms with E-state index >= 15 is 0 Å². The summed E-state index contributed by atoms with van der Waals surface area (Å²) in [6.45, 7) is 6.63. The van der Waals surface area contributed by atoms with Crippen LogP contribution in [0.1, 0.15) is 47.8 Å². The molecule has 0 aliphatic carbocycles.